The Morgan fingerprint density at radius 3 is 2.65 bits per heavy atom. The van der Waals surface area contributed by atoms with Crippen molar-refractivity contribution < 1.29 is 9.32 Å². The molecule has 0 fully saturated rings. The van der Waals surface area contributed by atoms with Crippen molar-refractivity contribution in [3.05, 3.63) is 75.8 Å². The number of anilines is 1. The highest BCUT2D eigenvalue weighted by Crippen LogP contribution is 2.26. The highest BCUT2D eigenvalue weighted by atomic mass is 35.5. The van der Waals surface area contributed by atoms with Crippen molar-refractivity contribution >= 4 is 34.3 Å². The van der Waals surface area contributed by atoms with Gasteiger partial charge < -0.3 is 9.42 Å². The third-order valence-corrected chi connectivity index (χ3v) is 5.46. The number of benzene rings is 2. The van der Waals surface area contributed by atoms with Crippen molar-refractivity contribution in [1.82, 2.24) is 14.7 Å². The van der Waals surface area contributed by atoms with Crippen LogP contribution < -0.4 is 10.5 Å². The molecule has 0 saturated carbocycles. The lowest BCUT2D eigenvalue weighted by Crippen LogP contribution is -2.39. The minimum absolute atomic E-state index is 0.122. The Kier molecular flexibility index (Phi) is 5.61. The number of likely N-dealkylation sites (N-methyl/N-ethyl adjacent to an activating group) is 1. The molecule has 31 heavy (non-hydrogen) atoms. The number of hydrogen-bond donors (Lipinski definition) is 0. The van der Waals surface area contributed by atoms with E-state index in [0.717, 1.165) is 11.3 Å². The summed E-state index contributed by atoms with van der Waals surface area (Å²) in [6.45, 7) is 6.03. The number of halogens is 1. The standard InChI is InChI=1S/C23H21ClN4O3/c1-4-27(18-7-5-6-14(2)12-18)22(29)15(3)28-13-25-21-19(23(28)30)20(26-31-21)16-8-10-17(24)11-9-16/h5-13,15H,4H2,1-3H3/t15-/m1/s1. The lowest BCUT2D eigenvalue weighted by atomic mass is 10.1. The number of amides is 1. The van der Waals surface area contributed by atoms with E-state index in [4.69, 9.17) is 16.1 Å². The summed E-state index contributed by atoms with van der Waals surface area (Å²) in [7, 11) is 0. The van der Waals surface area contributed by atoms with Gasteiger partial charge in [-0.25, -0.2) is 4.98 Å². The first-order valence-electron chi connectivity index (χ1n) is 9.91. The zero-order valence-electron chi connectivity index (χ0n) is 17.4. The van der Waals surface area contributed by atoms with E-state index < -0.39 is 11.6 Å². The molecule has 4 aromatic rings. The second-order valence-corrected chi connectivity index (χ2v) is 7.71. The zero-order chi connectivity index (χ0) is 22.1. The molecule has 2 aromatic heterocycles. The molecular formula is C23H21ClN4O3. The maximum Gasteiger partial charge on any atom is 0.267 e. The predicted octanol–water partition coefficient (Wildman–Crippen LogP) is 4.63. The van der Waals surface area contributed by atoms with Crippen LogP contribution in [-0.2, 0) is 4.79 Å². The molecule has 0 N–H and O–H groups in total. The highest BCUT2D eigenvalue weighted by Gasteiger charge is 2.26. The van der Waals surface area contributed by atoms with E-state index in [9.17, 15) is 9.59 Å². The van der Waals surface area contributed by atoms with Crippen LogP contribution in [0, 0.1) is 6.92 Å². The van der Waals surface area contributed by atoms with Gasteiger partial charge in [0.15, 0.2) is 0 Å². The Morgan fingerprint density at radius 2 is 1.97 bits per heavy atom. The van der Waals surface area contributed by atoms with Gasteiger partial charge in [-0.1, -0.05) is 41.0 Å². The Bertz CT molecular complexity index is 1310. The summed E-state index contributed by atoms with van der Waals surface area (Å²) < 4.78 is 6.58. The Balaban J connectivity index is 1.76. The molecule has 0 aliphatic heterocycles. The average Bonchev–Trinajstić information content (AvgIpc) is 3.20. The maximum atomic E-state index is 13.3. The van der Waals surface area contributed by atoms with E-state index in [1.165, 1.54) is 10.9 Å². The Labute approximate surface area is 183 Å². The number of carbonyl (C=O) groups is 1. The fourth-order valence-corrected chi connectivity index (χ4v) is 3.67. The van der Waals surface area contributed by atoms with Crippen molar-refractivity contribution in [2.75, 3.05) is 11.4 Å². The van der Waals surface area contributed by atoms with Gasteiger partial charge in [0.25, 0.3) is 11.3 Å². The van der Waals surface area contributed by atoms with Crippen LogP contribution >= 0.6 is 11.6 Å². The fraction of sp³-hybridized carbons (Fsp3) is 0.217. The molecule has 0 bridgehead atoms. The number of hydrogen-bond acceptors (Lipinski definition) is 5. The number of rotatable bonds is 5. The number of fused-ring (bicyclic) bond motifs is 1. The Hall–Kier alpha value is -3.45. The van der Waals surface area contributed by atoms with E-state index >= 15 is 0 Å². The van der Waals surface area contributed by atoms with Crippen molar-refractivity contribution in [2.24, 2.45) is 0 Å². The van der Waals surface area contributed by atoms with Gasteiger partial charge in [-0.2, -0.15) is 0 Å². The summed E-state index contributed by atoms with van der Waals surface area (Å²) in [4.78, 5) is 32.5. The lowest BCUT2D eigenvalue weighted by Gasteiger charge is -2.25. The van der Waals surface area contributed by atoms with Crippen LogP contribution in [0.1, 0.15) is 25.5 Å². The van der Waals surface area contributed by atoms with Crippen LogP contribution in [0.3, 0.4) is 0 Å². The molecule has 158 valence electrons. The van der Waals surface area contributed by atoms with Gasteiger partial charge in [0.2, 0.25) is 5.91 Å². The van der Waals surface area contributed by atoms with E-state index in [2.05, 4.69) is 10.1 Å². The first-order valence-corrected chi connectivity index (χ1v) is 10.3. The largest absolute Gasteiger partial charge is 0.335 e. The summed E-state index contributed by atoms with van der Waals surface area (Å²) in [5.74, 6) is -0.208. The molecule has 0 unspecified atom stereocenters. The second kappa shape index (κ2) is 8.35. The summed E-state index contributed by atoms with van der Waals surface area (Å²) in [5, 5.41) is 4.82. The number of aryl methyl sites for hydroxylation is 1. The van der Waals surface area contributed by atoms with Crippen molar-refractivity contribution in [1.29, 1.82) is 0 Å². The molecule has 0 saturated heterocycles. The molecule has 2 heterocycles. The predicted molar refractivity (Wildman–Crippen MR) is 120 cm³/mol. The lowest BCUT2D eigenvalue weighted by molar-refractivity contribution is -0.121. The summed E-state index contributed by atoms with van der Waals surface area (Å²) in [5.41, 5.74) is 2.61. The van der Waals surface area contributed by atoms with Gasteiger partial charge in [-0.15, -0.1) is 0 Å². The van der Waals surface area contributed by atoms with E-state index in [1.54, 1.807) is 36.1 Å². The number of aromatic nitrogens is 3. The molecule has 0 spiro atoms. The molecule has 2 aromatic carbocycles. The Morgan fingerprint density at radius 1 is 1.23 bits per heavy atom. The SMILES string of the molecule is CCN(C(=O)[C@@H](C)n1cnc2onc(-c3ccc(Cl)cc3)c2c1=O)c1cccc(C)c1. The average molecular weight is 437 g/mol. The van der Waals surface area contributed by atoms with Crippen LogP contribution in [0.25, 0.3) is 22.4 Å². The molecule has 1 amide bonds. The maximum absolute atomic E-state index is 13.3. The van der Waals surface area contributed by atoms with Gasteiger partial charge in [0.05, 0.1) is 0 Å². The first-order chi connectivity index (χ1) is 14.9. The van der Waals surface area contributed by atoms with Crippen LogP contribution in [0.4, 0.5) is 5.69 Å². The summed E-state index contributed by atoms with van der Waals surface area (Å²) in [6, 6.07) is 13.8. The zero-order valence-corrected chi connectivity index (χ0v) is 18.1. The van der Waals surface area contributed by atoms with Crippen LogP contribution in [0.5, 0.6) is 0 Å². The number of nitrogens with zero attached hydrogens (tertiary/aromatic N) is 4. The normalized spacial score (nSPS) is 12.1. The second-order valence-electron chi connectivity index (χ2n) is 7.27. The van der Waals surface area contributed by atoms with Crippen molar-refractivity contribution in [2.45, 2.75) is 26.8 Å². The summed E-state index contributed by atoms with van der Waals surface area (Å²) in [6.07, 6.45) is 1.33. The molecule has 1 atom stereocenters. The molecule has 0 aliphatic carbocycles. The highest BCUT2D eigenvalue weighted by molar-refractivity contribution is 6.30. The topological polar surface area (TPSA) is 81.2 Å². The summed E-state index contributed by atoms with van der Waals surface area (Å²) >= 11 is 5.96. The van der Waals surface area contributed by atoms with Gasteiger partial charge in [-0.3, -0.25) is 14.2 Å². The molecular weight excluding hydrogens is 416 g/mol. The fourth-order valence-electron chi connectivity index (χ4n) is 3.55. The van der Waals surface area contributed by atoms with Gasteiger partial charge in [-0.05, 0) is 50.6 Å². The monoisotopic (exact) mass is 436 g/mol. The minimum Gasteiger partial charge on any atom is -0.335 e. The molecule has 7 nitrogen and oxygen atoms in total. The van der Waals surface area contributed by atoms with Crippen LogP contribution in [0.15, 0.2) is 64.2 Å². The van der Waals surface area contributed by atoms with Gasteiger partial charge in [0.1, 0.15) is 23.4 Å². The quantitative estimate of drug-likeness (QED) is 0.455. The van der Waals surface area contributed by atoms with Gasteiger partial charge >= 0.3 is 0 Å². The third kappa shape index (κ3) is 3.84. The number of carbonyl (C=O) groups excluding carboxylic acids is 1. The smallest absolute Gasteiger partial charge is 0.267 e. The first kappa shape index (κ1) is 20.8. The minimum atomic E-state index is -0.766. The van der Waals surface area contributed by atoms with E-state index in [1.807, 2.05) is 38.1 Å². The van der Waals surface area contributed by atoms with Crippen LogP contribution in [-0.4, -0.2) is 27.2 Å². The molecule has 8 heteroatoms. The van der Waals surface area contributed by atoms with Gasteiger partial charge in [0, 0.05) is 22.8 Å². The van der Waals surface area contributed by atoms with Crippen molar-refractivity contribution in [3.8, 4) is 11.3 Å². The third-order valence-electron chi connectivity index (χ3n) is 5.21. The van der Waals surface area contributed by atoms with E-state index in [0.29, 0.717) is 22.8 Å². The molecule has 4 rings (SSSR count). The van der Waals surface area contributed by atoms with Crippen LogP contribution in [0.2, 0.25) is 5.02 Å². The van der Waals surface area contributed by atoms with E-state index in [-0.39, 0.29) is 17.0 Å². The van der Waals surface area contributed by atoms with Crippen molar-refractivity contribution in [3.63, 3.8) is 0 Å². The molecule has 0 radical (unpaired) electrons. The molecule has 0 aliphatic rings.